The lowest BCUT2D eigenvalue weighted by Gasteiger charge is -2.34. The van der Waals surface area contributed by atoms with Gasteiger partial charge in [-0.1, -0.05) is 26.0 Å². The lowest BCUT2D eigenvalue weighted by molar-refractivity contribution is -0.137. The molecular formula is C26H29F3N2O6. The first kappa shape index (κ1) is 27.8. The van der Waals surface area contributed by atoms with E-state index >= 15 is 0 Å². The molecule has 200 valence electrons. The summed E-state index contributed by atoms with van der Waals surface area (Å²) in [7, 11) is 1.32. The molecule has 1 heterocycles. The SMILES string of the molecule is COc1cc(C(=O)OCC(=O)N2C[C@H](C)C[C@@H](C)C2)ccc1OCC(=O)Nc1ccccc1C(F)(F)F. The number of likely N-dealkylation sites (tertiary alicyclic amines) is 1. The predicted molar refractivity (Wildman–Crippen MR) is 128 cm³/mol. The average molecular weight is 523 g/mol. The molecule has 0 spiro atoms. The number of nitrogens with one attached hydrogen (secondary N) is 1. The number of hydrogen-bond donors (Lipinski definition) is 1. The molecule has 37 heavy (non-hydrogen) atoms. The number of esters is 1. The number of carbonyl (C=O) groups is 3. The van der Waals surface area contributed by atoms with Crippen LogP contribution in [-0.4, -0.2) is 56.1 Å². The number of piperidine rings is 1. The summed E-state index contributed by atoms with van der Waals surface area (Å²) >= 11 is 0. The summed E-state index contributed by atoms with van der Waals surface area (Å²) in [5, 5.41) is 2.18. The van der Waals surface area contributed by atoms with Crippen LogP contribution in [0.15, 0.2) is 42.5 Å². The number of hydrogen-bond acceptors (Lipinski definition) is 6. The van der Waals surface area contributed by atoms with Gasteiger partial charge in [0, 0.05) is 13.1 Å². The quantitative estimate of drug-likeness (QED) is 0.517. The minimum atomic E-state index is -4.63. The van der Waals surface area contributed by atoms with Crippen molar-refractivity contribution in [3.8, 4) is 11.5 Å². The number of anilines is 1. The van der Waals surface area contributed by atoms with Crippen molar-refractivity contribution in [2.45, 2.75) is 26.4 Å². The van der Waals surface area contributed by atoms with Gasteiger partial charge in [0.2, 0.25) is 0 Å². The Kier molecular flexibility index (Phi) is 9.01. The molecule has 11 heteroatoms. The van der Waals surface area contributed by atoms with E-state index in [4.69, 9.17) is 14.2 Å². The number of halogens is 3. The summed E-state index contributed by atoms with van der Waals surface area (Å²) in [4.78, 5) is 38.8. The Hall–Kier alpha value is -3.76. The molecule has 3 rings (SSSR count). The van der Waals surface area contributed by atoms with Gasteiger partial charge in [-0.2, -0.15) is 13.2 Å². The first-order valence-electron chi connectivity index (χ1n) is 11.7. The van der Waals surface area contributed by atoms with Crippen LogP contribution in [0, 0.1) is 11.8 Å². The van der Waals surface area contributed by atoms with Gasteiger partial charge in [0.1, 0.15) is 0 Å². The third-order valence-electron chi connectivity index (χ3n) is 5.81. The standard InChI is InChI=1S/C26H29F3N2O6/c1-16-10-17(2)13-31(12-16)24(33)15-37-25(34)18-8-9-21(22(11-18)35-3)36-14-23(32)30-20-7-5-4-6-19(20)26(27,28)29/h4-9,11,16-17H,10,12-15H2,1-3H3,(H,30,32)/t16-,17-/m1/s1. The molecule has 2 atom stereocenters. The summed E-state index contributed by atoms with van der Waals surface area (Å²) in [5.74, 6) is -0.881. The van der Waals surface area contributed by atoms with Crippen molar-refractivity contribution in [1.29, 1.82) is 0 Å². The van der Waals surface area contributed by atoms with Crippen LogP contribution in [-0.2, 0) is 20.5 Å². The molecule has 0 saturated carbocycles. The van der Waals surface area contributed by atoms with E-state index in [1.165, 1.54) is 37.4 Å². The van der Waals surface area contributed by atoms with Gasteiger partial charge < -0.3 is 24.4 Å². The highest BCUT2D eigenvalue weighted by Gasteiger charge is 2.33. The largest absolute Gasteiger partial charge is 0.493 e. The molecular weight excluding hydrogens is 493 g/mol. The van der Waals surface area contributed by atoms with E-state index in [9.17, 15) is 27.6 Å². The van der Waals surface area contributed by atoms with Crippen LogP contribution in [0.1, 0.15) is 36.2 Å². The van der Waals surface area contributed by atoms with Crippen molar-refractivity contribution in [2.24, 2.45) is 11.8 Å². The van der Waals surface area contributed by atoms with Crippen molar-refractivity contribution in [3.05, 3.63) is 53.6 Å². The number of carbonyl (C=O) groups excluding carboxylic acids is 3. The van der Waals surface area contributed by atoms with E-state index in [0.717, 1.165) is 18.6 Å². The van der Waals surface area contributed by atoms with E-state index in [2.05, 4.69) is 19.2 Å². The Balaban J connectivity index is 1.57. The molecule has 0 radical (unpaired) electrons. The molecule has 8 nitrogen and oxygen atoms in total. The highest BCUT2D eigenvalue weighted by atomic mass is 19.4. The fourth-order valence-electron chi connectivity index (χ4n) is 4.25. The Morgan fingerprint density at radius 3 is 2.32 bits per heavy atom. The molecule has 1 saturated heterocycles. The van der Waals surface area contributed by atoms with E-state index in [1.807, 2.05) is 0 Å². The smallest absolute Gasteiger partial charge is 0.418 e. The number of benzene rings is 2. The topological polar surface area (TPSA) is 94.2 Å². The van der Waals surface area contributed by atoms with Gasteiger partial charge >= 0.3 is 12.1 Å². The Bertz CT molecular complexity index is 1130. The number of amides is 2. The van der Waals surface area contributed by atoms with Crippen LogP contribution in [0.25, 0.3) is 0 Å². The first-order chi connectivity index (χ1) is 17.5. The van der Waals surface area contributed by atoms with Crippen molar-refractivity contribution >= 4 is 23.5 Å². The zero-order valence-corrected chi connectivity index (χ0v) is 20.8. The highest BCUT2D eigenvalue weighted by Crippen LogP contribution is 2.34. The van der Waals surface area contributed by atoms with E-state index < -0.39 is 42.5 Å². The van der Waals surface area contributed by atoms with E-state index in [0.29, 0.717) is 24.9 Å². The van der Waals surface area contributed by atoms with Crippen LogP contribution in [0.5, 0.6) is 11.5 Å². The number of methoxy groups -OCH3 is 1. The summed E-state index contributed by atoms with van der Waals surface area (Å²) < 4.78 is 55.1. The van der Waals surface area contributed by atoms with Gasteiger partial charge in [-0.15, -0.1) is 0 Å². The summed E-state index contributed by atoms with van der Waals surface area (Å²) in [5.41, 5.74) is -1.27. The summed E-state index contributed by atoms with van der Waals surface area (Å²) in [6.45, 7) is 4.39. The molecule has 0 aliphatic carbocycles. The fourth-order valence-corrected chi connectivity index (χ4v) is 4.25. The van der Waals surface area contributed by atoms with Crippen LogP contribution in [0.2, 0.25) is 0 Å². The van der Waals surface area contributed by atoms with Crippen LogP contribution in [0.3, 0.4) is 0 Å². The summed E-state index contributed by atoms with van der Waals surface area (Å²) in [6, 6.07) is 8.64. The van der Waals surface area contributed by atoms with Crippen LogP contribution >= 0.6 is 0 Å². The highest BCUT2D eigenvalue weighted by molar-refractivity contribution is 5.93. The maximum absolute atomic E-state index is 13.1. The van der Waals surface area contributed by atoms with Gasteiger partial charge in [-0.25, -0.2) is 4.79 Å². The second-order valence-corrected chi connectivity index (χ2v) is 9.07. The molecule has 0 aromatic heterocycles. The van der Waals surface area contributed by atoms with Crippen LogP contribution < -0.4 is 14.8 Å². The number of ether oxygens (including phenoxy) is 3. The monoisotopic (exact) mass is 522 g/mol. The maximum atomic E-state index is 13.1. The van der Waals surface area contributed by atoms with Gasteiger partial charge in [0.15, 0.2) is 24.7 Å². The van der Waals surface area contributed by atoms with Crippen molar-refractivity contribution in [2.75, 3.05) is 38.7 Å². The molecule has 0 unspecified atom stereocenters. The molecule has 1 aliphatic rings. The van der Waals surface area contributed by atoms with E-state index in [1.54, 1.807) is 4.90 Å². The Morgan fingerprint density at radius 2 is 1.68 bits per heavy atom. The molecule has 1 N–H and O–H groups in total. The third-order valence-corrected chi connectivity index (χ3v) is 5.81. The molecule has 1 fully saturated rings. The maximum Gasteiger partial charge on any atom is 0.418 e. The number of rotatable bonds is 8. The molecule has 2 aromatic carbocycles. The van der Waals surface area contributed by atoms with Crippen molar-refractivity contribution in [3.63, 3.8) is 0 Å². The van der Waals surface area contributed by atoms with Crippen molar-refractivity contribution < 1.29 is 41.8 Å². The minimum Gasteiger partial charge on any atom is -0.493 e. The zero-order valence-electron chi connectivity index (χ0n) is 20.8. The van der Waals surface area contributed by atoms with Gasteiger partial charge in [-0.3, -0.25) is 9.59 Å². The Labute approximate surface area is 212 Å². The van der Waals surface area contributed by atoms with Crippen LogP contribution in [0.4, 0.5) is 18.9 Å². The second-order valence-electron chi connectivity index (χ2n) is 9.07. The average Bonchev–Trinajstić information content (AvgIpc) is 2.84. The number of alkyl halides is 3. The van der Waals surface area contributed by atoms with Gasteiger partial charge in [-0.05, 0) is 48.6 Å². The Morgan fingerprint density at radius 1 is 1.00 bits per heavy atom. The predicted octanol–water partition coefficient (Wildman–Crippen LogP) is 4.39. The lowest BCUT2D eigenvalue weighted by atomic mass is 9.92. The lowest BCUT2D eigenvalue weighted by Crippen LogP contribution is -2.44. The number of nitrogens with zero attached hydrogens (tertiary/aromatic N) is 1. The first-order valence-corrected chi connectivity index (χ1v) is 11.7. The molecule has 0 bridgehead atoms. The van der Waals surface area contributed by atoms with Crippen molar-refractivity contribution in [1.82, 2.24) is 4.90 Å². The normalized spacial score (nSPS) is 17.6. The van der Waals surface area contributed by atoms with Gasteiger partial charge in [0.25, 0.3) is 11.8 Å². The van der Waals surface area contributed by atoms with Gasteiger partial charge in [0.05, 0.1) is 23.9 Å². The third kappa shape index (κ3) is 7.61. The van der Waals surface area contributed by atoms with E-state index in [-0.39, 0.29) is 23.0 Å². The minimum absolute atomic E-state index is 0.0886. The molecule has 2 amide bonds. The zero-order chi connectivity index (χ0) is 27.2. The molecule has 1 aliphatic heterocycles. The number of para-hydroxylation sites is 1. The second kappa shape index (κ2) is 12.0. The molecule has 2 aromatic rings. The summed E-state index contributed by atoms with van der Waals surface area (Å²) in [6.07, 6.45) is -3.59. The fraction of sp³-hybridized carbons (Fsp3) is 0.423.